The third kappa shape index (κ3) is 8.82. The van der Waals surface area contributed by atoms with E-state index >= 15 is 0 Å². The first kappa shape index (κ1) is 30.6. The Morgan fingerprint density at radius 1 is 1.00 bits per heavy atom. The van der Waals surface area contributed by atoms with Gasteiger partial charge in [-0.05, 0) is 0 Å². The minimum absolute atomic E-state index is 0. The molecule has 0 unspecified atom stereocenters. The third-order valence-corrected chi connectivity index (χ3v) is 0. The van der Waals surface area contributed by atoms with Crippen molar-refractivity contribution in [3.8, 4) is 0 Å². The van der Waals surface area contributed by atoms with Crippen molar-refractivity contribution in [1.29, 1.82) is 0 Å². The first-order valence-electron chi connectivity index (χ1n) is 0. The fourth-order valence-corrected chi connectivity index (χ4v) is 0. The van der Waals surface area contributed by atoms with Gasteiger partial charge in [-0.1, -0.05) is 0 Å². The summed E-state index contributed by atoms with van der Waals surface area (Å²) in [6.07, 6.45) is 0. The van der Waals surface area contributed by atoms with Crippen LogP contribution in [0, 0.1) is 0 Å². The fourth-order valence-electron chi connectivity index (χ4n) is 0. The van der Waals surface area contributed by atoms with Crippen molar-refractivity contribution in [3.63, 3.8) is 0 Å². The Kier molecular flexibility index (Phi) is 134. The average Bonchev–Trinajstić information content (AvgIpc) is 0. The number of hydrogen-bond donors (Lipinski definition) is 0. The molecule has 0 aliphatic carbocycles. The zero-order valence-electron chi connectivity index (χ0n) is 2.18. The van der Waals surface area contributed by atoms with E-state index in [9.17, 15) is 0 Å². The van der Waals surface area contributed by atoms with Crippen LogP contribution in [0.3, 0.4) is 0 Å². The van der Waals surface area contributed by atoms with Crippen LogP contribution in [0.1, 0.15) is 0 Å². The molecule has 0 aromatic heterocycles. The van der Waals surface area contributed by atoms with E-state index in [2.05, 4.69) is 0 Å². The standard InChI is InChI=1S/Al.As.Ga.In/q;-3;+3;. The van der Waals surface area contributed by atoms with Crippen LogP contribution in [0.5, 0.6) is 0 Å². The summed E-state index contributed by atoms with van der Waals surface area (Å²) in [5, 5.41) is 0. The Labute approximate surface area is 79.8 Å². The first-order valence-corrected chi connectivity index (χ1v) is 0. The molecule has 6 radical (unpaired) electrons. The van der Waals surface area contributed by atoms with E-state index < -0.39 is 0 Å². The number of hydrogen-bond acceptors (Lipinski definition) is 0. The second-order valence-electron chi connectivity index (χ2n) is 0. The van der Waals surface area contributed by atoms with Crippen molar-refractivity contribution in [2.24, 2.45) is 0 Å². The van der Waals surface area contributed by atoms with Gasteiger partial charge in [0.1, 0.15) is 0 Å². The molecule has 4 heavy (non-hydrogen) atoms. The van der Waals surface area contributed by atoms with Crippen LogP contribution in [0.4, 0.5) is 0 Å². The van der Waals surface area contributed by atoms with Crippen molar-refractivity contribution in [2.45, 2.75) is 0 Å². The predicted molar refractivity (Wildman–Crippen MR) is 23.0 cm³/mol. The largest absolute Gasteiger partial charge is 3.00 e. The minimum Gasteiger partial charge on any atom is -3.00 e. The van der Waals surface area contributed by atoms with Crippen molar-refractivity contribution < 1.29 is 0 Å². The molecule has 0 bridgehead atoms. The molecule has 0 aliphatic heterocycles. The Hall–Kier alpha value is 2.60. The quantitative estimate of drug-likeness (QED) is 0.475. The topological polar surface area (TPSA) is 0 Å². The van der Waals surface area contributed by atoms with Gasteiger partial charge in [-0.25, -0.2) is 0 Å². The van der Waals surface area contributed by atoms with E-state index in [1.165, 1.54) is 0 Å². The van der Waals surface area contributed by atoms with Gasteiger partial charge < -0.3 is 18.0 Å². The molecular formula is AlAsGaIn. The predicted octanol–water partition coefficient (Wildman–Crippen LogP) is -1.52. The van der Waals surface area contributed by atoms with Gasteiger partial charge in [-0.2, -0.15) is 0 Å². The van der Waals surface area contributed by atoms with E-state index in [1.807, 2.05) is 0 Å². The number of rotatable bonds is 0. The Bertz CT molecular complexity index is 8.00. The van der Waals surface area contributed by atoms with Gasteiger partial charge in [0, 0.05) is 43.2 Å². The van der Waals surface area contributed by atoms with E-state index in [-0.39, 0.29) is 80.9 Å². The molecule has 0 spiro atoms. The maximum Gasteiger partial charge on any atom is 3.00 e. The molecule has 0 aromatic rings. The van der Waals surface area contributed by atoms with Gasteiger partial charge in [-0.15, -0.1) is 0 Å². The van der Waals surface area contributed by atoms with Crippen LogP contribution in [-0.2, 0) is 0 Å². The monoisotopic (exact) mass is 286 g/mol. The summed E-state index contributed by atoms with van der Waals surface area (Å²) in [7, 11) is 0. The van der Waals surface area contributed by atoms with Crippen molar-refractivity contribution >= 4 is 80.9 Å². The van der Waals surface area contributed by atoms with Crippen LogP contribution >= 0.6 is 0 Å². The summed E-state index contributed by atoms with van der Waals surface area (Å²) in [5.74, 6) is 0. The van der Waals surface area contributed by atoms with E-state index in [0.717, 1.165) is 0 Å². The third-order valence-electron chi connectivity index (χ3n) is 0. The molecule has 0 rings (SSSR count). The molecule has 0 amide bonds. The Balaban J connectivity index is 0. The van der Waals surface area contributed by atoms with Crippen LogP contribution in [0.2, 0.25) is 0 Å². The SMILES string of the molecule is [Al].[As-3].[Ga+3].[In]. The zero-order valence-corrected chi connectivity index (χ0v) is 10.9. The molecule has 0 nitrogen and oxygen atoms in total. The summed E-state index contributed by atoms with van der Waals surface area (Å²) in [4.78, 5) is 0. The Morgan fingerprint density at radius 3 is 1.00 bits per heavy atom. The molecule has 0 aliphatic rings. The fraction of sp³-hybridized carbons (Fsp3) is 0. The van der Waals surface area contributed by atoms with Gasteiger partial charge in [0.05, 0.1) is 0 Å². The molecule has 0 saturated carbocycles. The van der Waals surface area contributed by atoms with Gasteiger partial charge in [0.2, 0.25) is 0 Å². The molecule has 14 valence electrons. The normalized spacial score (nSPS) is 0. The first-order chi connectivity index (χ1) is 0. The van der Waals surface area contributed by atoms with E-state index in [4.69, 9.17) is 0 Å². The molecular weight excluding hydrogens is 286 g/mol. The van der Waals surface area contributed by atoms with Crippen LogP contribution in [0.15, 0.2) is 0 Å². The van der Waals surface area contributed by atoms with Crippen LogP contribution in [-0.4, -0.2) is 80.9 Å². The maximum atomic E-state index is 0. The van der Waals surface area contributed by atoms with Gasteiger partial charge in [0.15, 0.2) is 0 Å². The average molecular weight is 286 g/mol. The summed E-state index contributed by atoms with van der Waals surface area (Å²) in [5.41, 5.74) is 0. The second kappa shape index (κ2) is 17.5. The molecule has 0 saturated heterocycles. The zero-order chi connectivity index (χ0) is 0. The van der Waals surface area contributed by atoms with Gasteiger partial charge in [0.25, 0.3) is 0 Å². The molecule has 4 heteroatoms. The van der Waals surface area contributed by atoms with Crippen molar-refractivity contribution in [1.82, 2.24) is 0 Å². The minimum atomic E-state index is 0. The van der Waals surface area contributed by atoms with E-state index in [0.29, 0.717) is 0 Å². The molecule has 0 atom stereocenters. The summed E-state index contributed by atoms with van der Waals surface area (Å²) in [6, 6.07) is 0. The smallest absolute Gasteiger partial charge is 3.00 e. The van der Waals surface area contributed by atoms with Gasteiger partial charge >= 0.3 is 19.8 Å². The summed E-state index contributed by atoms with van der Waals surface area (Å²) < 4.78 is 0. The molecule has 0 aromatic carbocycles. The maximum absolute atomic E-state index is 0. The van der Waals surface area contributed by atoms with Crippen LogP contribution in [0.25, 0.3) is 0 Å². The summed E-state index contributed by atoms with van der Waals surface area (Å²) in [6.45, 7) is 0. The van der Waals surface area contributed by atoms with Gasteiger partial charge in [-0.3, -0.25) is 0 Å². The van der Waals surface area contributed by atoms with Crippen LogP contribution < -0.4 is 0 Å². The second-order valence-corrected chi connectivity index (χ2v) is 0. The van der Waals surface area contributed by atoms with E-state index in [1.54, 1.807) is 0 Å². The molecule has 0 fully saturated rings. The summed E-state index contributed by atoms with van der Waals surface area (Å²) >= 11 is 0. The van der Waals surface area contributed by atoms with Crippen molar-refractivity contribution in [3.05, 3.63) is 0 Å². The Morgan fingerprint density at radius 2 is 1.00 bits per heavy atom. The molecule has 0 heterocycles. The van der Waals surface area contributed by atoms with Crippen molar-refractivity contribution in [2.75, 3.05) is 0 Å². The molecule has 0 N–H and O–H groups in total.